The van der Waals surface area contributed by atoms with Gasteiger partial charge in [-0.3, -0.25) is 0 Å². The van der Waals surface area contributed by atoms with Crippen LogP contribution in [0.25, 0.3) is 0 Å². The number of aliphatic hydroxyl groups excluding tert-OH is 1. The Morgan fingerprint density at radius 2 is 2.33 bits per heavy atom. The summed E-state index contributed by atoms with van der Waals surface area (Å²) < 4.78 is 5.61. The number of hydrogen-bond donors (Lipinski definition) is 1. The van der Waals surface area contributed by atoms with E-state index in [0.29, 0.717) is 0 Å². The molecular formula is C14H22N2O2. The SMILES string of the molecule is C[C@H](O)c1ccnc(N(C)CCOCC2CC2)c1. The minimum absolute atomic E-state index is 0.453. The van der Waals surface area contributed by atoms with Crippen molar-refractivity contribution < 1.29 is 9.84 Å². The largest absolute Gasteiger partial charge is 0.389 e. The van der Waals surface area contributed by atoms with Gasteiger partial charge >= 0.3 is 0 Å². The normalized spacial score (nSPS) is 16.6. The van der Waals surface area contributed by atoms with Gasteiger partial charge in [0.2, 0.25) is 0 Å². The van der Waals surface area contributed by atoms with Gasteiger partial charge in [-0.1, -0.05) is 0 Å². The molecule has 100 valence electrons. The van der Waals surface area contributed by atoms with Crippen LogP contribution in [0.3, 0.4) is 0 Å². The average Bonchev–Trinajstić information content (AvgIpc) is 3.18. The van der Waals surface area contributed by atoms with E-state index in [1.54, 1.807) is 13.1 Å². The molecule has 1 N–H and O–H groups in total. The molecule has 18 heavy (non-hydrogen) atoms. The minimum Gasteiger partial charge on any atom is -0.389 e. The predicted molar refractivity (Wildman–Crippen MR) is 71.7 cm³/mol. The first kappa shape index (κ1) is 13.3. The van der Waals surface area contributed by atoms with Crippen LogP contribution in [0, 0.1) is 5.92 Å². The highest BCUT2D eigenvalue weighted by Crippen LogP contribution is 2.28. The van der Waals surface area contributed by atoms with Crippen LogP contribution >= 0.6 is 0 Å². The van der Waals surface area contributed by atoms with Crippen LogP contribution in [0.15, 0.2) is 18.3 Å². The Balaban J connectivity index is 1.79. The molecular weight excluding hydrogens is 228 g/mol. The zero-order valence-electron chi connectivity index (χ0n) is 11.2. The summed E-state index contributed by atoms with van der Waals surface area (Å²) in [6.45, 7) is 4.21. The van der Waals surface area contributed by atoms with Crippen LogP contribution in [0.2, 0.25) is 0 Å². The molecule has 1 aromatic rings. The van der Waals surface area contributed by atoms with Gasteiger partial charge in [-0.25, -0.2) is 4.98 Å². The maximum atomic E-state index is 9.54. The van der Waals surface area contributed by atoms with Crippen molar-refractivity contribution in [3.8, 4) is 0 Å². The van der Waals surface area contributed by atoms with Crippen LogP contribution in [0.5, 0.6) is 0 Å². The van der Waals surface area contributed by atoms with Crippen molar-refractivity contribution in [3.63, 3.8) is 0 Å². The molecule has 4 nitrogen and oxygen atoms in total. The van der Waals surface area contributed by atoms with E-state index in [0.717, 1.165) is 37.1 Å². The van der Waals surface area contributed by atoms with Crippen molar-refractivity contribution in [3.05, 3.63) is 23.9 Å². The fourth-order valence-electron chi connectivity index (χ4n) is 1.75. The third-order valence-electron chi connectivity index (χ3n) is 3.26. The van der Waals surface area contributed by atoms with Crippen LogP contribution in [-0.2, 0) is 4.74 Å². The third kappa shape index (κ3) is 3.96. The third-order valence-corrected chi connectivity index (χ3v) is 3.26. The second-order valence-electron chi connectivity index (χ2n) is 5.06. The number of pyridine rings is 1. The van der Waals surface area contributed by atoms with E-state index in [4.69, 9.17) is 4.74 Å². The first-order chi connectivity index (χ1) is 8.66. The van der Waals surface area contributed by atoms with E-state index in [1.807, 2.05) is 19.2 Å². The van der Waals surface area contributed by atoms with Gasteiger partial charge < -0.3 is 14.7 Å². The highest BCUT2D eigenvalue weighted by atomic mass is 16.5. The molecule has 0 amide bonds. The molecule has 1 aliphatic carbocycles. The van der Waals surface area contributed by atoms with E-state index in [1.165, 1.54) is 12.8 Å². The maximum absolute atomic E-state index is 9.54. The lowest BCUT2D eigenvalue weighted by atomic mass is 10.2. The highest BCUT2D eigenvalue weighted by Gasteiger charge is 2.21. The molecule has 0 bridgehead atoms. The number of aliphatic hydroxyl groups is 1. The van der Waals surface area contributed by atoms with Gasteiger partial charge in [-0.05, 0) is 43.4 Å². The van der Waals surface area contributed by atoms with E-state index in [2.05, 4.69) is 9.88 Å². The van der Waals surface area contributed by atoms with Crippen molar-refractivity contribution in [1.82, 2.24) is 4.98 Å². The van der Waals surface area contributed by atoms with E-state index >= 15 is 0 Å². The molecule has 2 rings (SSSR count). The maximum Gasteiger partial charge on any atom is 0.128 e. The lowest BCUT2D eigenvalue weighted by molar-refractivity contribution is 0.131. The summed E-state index contributed by atoms with van der Waals surface area (Å²) >= 11 is 0. The fraction of sp³-hybridized carbons (Fsp3) is 0.643. The second-order valence-corrected chi connectivity index (χ2v) is 5.06. The van der Waals surface area contributed by atoms with Crippen molar-refractivity contribution in [1.29, 1.82) is 0 Å². The van der Waals surface area contributed by atoms with Crippen LogP contribution < -0.4 is 4.90 Å². The van der Waals surface area contributed by atoms with Crippen molar-refractivity contribution in [2.75, 3.05) is 31.7 Å². The first-order valence-corrected chi connectivity index (χ1v) is 6.59. The first-order valence-electron chi connectivity index (χ1n) is 6.59. The summed E-state index contributed by atoms with van der Waals surface area (Å²) in [5, 5.41) is 9.54. The van der Waals surface area contributed by atoms with E-state index in [9.17, 15) is 5.11 Å². The van der Waals surface area contributed by atoms with Gasteiger partial charge in [-0.2, -0.15) is 0 Å². The zero-order chi connectivity index (χ0) is 13.0. The van der Waals surface area contributed by atoms with Crippen LogP contribution in [-0.4, -0.2) is 36.9 Å². The van der Waals surface area contributed by atoms with Gasteiger partial charge in [0.1, 0.15) is 5.82 Å². The molecule has 1 saturated carbocycles. The van der Waals surface area contributed by atoms with Gasteiger partial charge in [0.15, 0.2) is 0 Å². The molecule has 1 aromatic heterocycles. The summed E-state index contributed by atoms with van der Waals surface area (Å²) in [5.74, 6) is 1.69. The quantitative estimate of drug-likeness (QED) is 0.752. The van der Waals surface area contributed by atoms with Gasteiger partial charge in [0, 0.05) is 26.4 Å². The Hall–Kier alpha value is -1.13. The van der Waals surface area contributed by atoms with Gasteiger partial charge in [0.05, 0.1) is 12.7 Å². The Bertz CT molecular complexity index is 378. The number of aromatic nitrogens is 1. The standard InChI is InChI=1S/C14H22N2O2/c1-11(17)13-5-6-15-14(9-13)16(2)7-8-18-10-12-3-4-12/h5-6,9,11-12,17H,3-4,7-8,10H2,1-2H3/t11-/m0/s1. The molecule has 0 unspecified atom stereocenters. The summed E-state index contributed by atoms with van der Waals surface area (Å²) in [5.41, 5.74) is 0.894. The zero-order valence-corrected chi connectivity index (χ0v) is 11.2. The summed E-state index contributed by atoms with van der Waals surface area (Å²) in [6.07, 6.45) is 3.94. The van der Waals surface area contributed by atoms with Crippen molar-refractivity contribution in [2.24, 2.45) is 5.92 Å². The molecule has 1 atom stereocenters. The number of rotatable bonds is 7. The molecule has 0 saturated heterocycles. The van der Waals surface area contributed by atoms with Gasteiger partial charge in [-0.15, -0.1) is 0 Å². The number of anilines is 1. The molecule has 1 fully saturated rings. The Kier molecular flexibility index (Phi) is 4.55. The number of ether oxygens (including phenoxy) is 1. The number of hydrogen-bond acceptors (Lipinski definition) is 4. The van der Waals surface area contributed by atoms with Gasteiger partial charge in [0.25, 0.3) is 0 Å². The average molecular weight is 250 g/mol. The molecule has 0 aromatic carbocycles. The van der Waals surface area contributed by atoms with Crippen LogP contribution in [0.1, 0.15) is 31.4 Å². The number of likely N-dealkylation sites (N-methyl/N-ethyl adjacent to an activating group) is 1. The second kappa shape index (κ2) is 6.16. The van der Waals surface area contributed by atoms with E-state index in [-0.39, 0.29) is 0 Å². The molecule has 1 aliphatic rings. The van der Waals surface area contributed by atoms with Crippen molar-refractivity contribution >= 4 is 5.82 Å². The summed E-state index contributed by atoms with van der Waals surface area (Å²) in [4.78, 5) is 6.36. The molecule has 4 heteroatoms. The summed E-state index contributed by atoms with van der Waals surface area (Å²) in [6, 6.07) is 3.76. The predicted octanol–water partition coefficient (Wildman–Crippen LogP) is 2.00. The molecule has 0 aliphatic heterocycles. The fourth-order valence-corrected chi connectivity index (χ4v) is 1.75. The van der Waals surface area contributed by atoms with E-state index < -0.39 is 6.10 Å². The smallest absolute Gasteiger partial charge is 0.128 e. The highest BCUT2D eigenvalue weighted by molar-refractivity contribution is 5.40. The Morgan fingerprint density at radius 1 is 1.56 bits per heavy atom. The van der Waals surface area contributed by atoms with Crippen LogP contribution in [0.4, 0.5) is 5.82 Å². The molecule has 0 radical (unpaired) electrons. The summed E-state index contributed by atoms with van der Waals surface area (Å²) in [7, 11) is 1.99. The topological polar surface area (TPSA) is 45.6 Å². The lowest BCUT2D eigenvalue weighted by Crippen LogP contribution is -2.24. The molecule has 1 heterocycles. The molecule has 0 spiro atoms. The Morgan fingerprint density at radius 3 is 3.00 bits per heavy atom. The minimum atomic E-state index is -0.453. The lowest BCUT2D eigenvalue weighted by Gasteiger charge is -2.19. The van der Waals surface area contributed by atoms with Crippen molar-refractivity contribution in [2.45, 2.75) is 25.9 Å². The number of nitrogens with zero attached hydrogens (tertiary/aromatic N) is 2. The monoisotopic (exact) mass is 250 g/mol. The Labute approximate surface area is 109 Å².